The molecule has 3 aromatic rings. The Balaban J connectivity index is 2.30. The van der Waals surface area contributed by atoms with Gasteiger partial charge in [-0.05, 0) is 12.5 Å². The van der Waals surface area contributed by atoms with Crippen LogP contribution in [0.5, 0.6) is 0 Å². The summed E-state index contributed by atoms with van der Waals surface area (Å²) in [4.78, 5) is 22.9. The minimum Gasteiger partial charge on any atom is -0.313 e. The van der Waals surface area contributed by atoms with Gasteiger partial charge in [-0.1, -0.05) is 79.4 Å². The van der Waals surface area contributed by atoms with E-state index in [4.69, 9.17) is 0 Å². The van der Waals surface area contributed by atoms with Crippen molar-refractivity contribution in [1.82, 2.24) is 0 Å². The minimum atomic E-state index is -3.40. The van der Waals surface area contributed by atoms with Crippen molar-refractivity contribution in [2.75, 3.05) is 0 Å². The van der Waals surface area contributed by atoms with E-state index in [1.807, 2.05) is 12.1 Å². The number of nitrogens with zero attached hydrogens (tertiary/aromatic N) is 1. The number of carbonyl (C=O) groups excluding carboxylic acids is 1. The molecule has 0 bridgehead atoms. The van der Waals surface area contributed by atoms with Crippen LogP contribution in [-0.2, 0) is 9.36 Å². The number of nitro benzene ring substituents is 1. The molecule has 0 heterocycles. The Labute approximate surface area is 169 Å². The molecule has 6 heteroatoms. The number of ketones is 1. The standard InChI is InChI=1S/C23H20NO4P/c1-17(18(2)25)23(19-13-15-20(16-14-19)24(26)27)29(28,21-9-5-3-6-10-21)22-11-7-4-8-12-22/h3-16,23H,1H2,2H3/t23-/m1/s1. The Hall–Kier alpha value is -3.30. The van der Waals surface area contributed by atoms with Crippen molar-refractivity contribution in [1.29, 1.82) is 0 Å². The molecule has 3 rings (SSSR count). The number of hydrogen-bond acceptors (Lipinski definition) is 4. The highest BCUT2D eigenvalue weighted by molar-refractivity contribution is 7.79. The molecular formula is C23H20NO4P. The van der Waals surface area contributed by atoms with Crippen LogP contribution < -0.4 is 10.6 Å². The van der Waals surface area contributed by atoms with Crippen molar-refractivity contribution in [3.05, 3.63) is 113 Å². The van der Waals surface area contributed by atoms with Gasteiger partial charge in [-0.3, -0.25) is 14.9 Å². The molecule has 5 nitrogen and oxygen atoms in total. The van der Waals surface area contributed by atoms with Crippen LogP contribution in [0.25, 0.3) is 0 Å². The van der Waals surface area contributed by atoms with E-state index in [0.717, 1.165) is 0 Å². The maximum atomic E-state index is 14.7. The molecule has 0 unspecified atom stereocenters. The van der Waals surface area contributed by atoms with Gasteiger partial charge in [0.05, 0.1) is 10.6 Å². The first kappa shape index (κ1) is 20.4. The van der Waals surface area contributed by atoms with E-state index in [1.54, 1.807) is 60.7 Å². The number of hydrogen-bond donors (Lipinski definition) is 0. The minimum absolute atomic E-state index is 0.0739. The quantitative estimate of drug-likeness (QED) is 0.245. The second-order valence-corrected chi connectivity index (χ2v) is 9.53. The molecule has 0 spiro atoms. The smallest absolute Gasteiger partial charge is 0.269 e. The van der Waals surface area contributed by atoms with Crippen molar-refractivity contribution in [2.45, 2.75) is 12.6 Å². The highest BCUT2D eigenvalue weighted by atomic mass is 31.2. The zero-order valence-corrected chi connectivity index (χ0v) is 16.8. The summed E-state index contributed by atoms with van der Waals surface area (Å²) >= 11 is 0. The van der Waals surface area contributed by atoms with E-state index >= 15 is 0 Å². The van der Waals surface area contributed by atoms with Crippen LogP contribution in [0.3, 0.4) is 0 Å². The summed E-state index contributed by atoms with van der Waals surface area (Å²) in [7, 11) is -3.40. The van der Waals surface area contributed by atoms with Crippen molar-refractivity contribution in [3.63, 3.8) is 0 Å². The van der Waals surface area contributed by atoms with Crippen LogP contribution in [0.2, 0.25) is 0 Å². The fourth-order valence-corrected chi connectivity index (χ4v) is 6.68. The summed E-state index contributed by atoms with van der Waals surface area (Å²) in [5.41, 5.74) is -0.150. The van der Waals surface area contributed by atoms with Gasteiger partial charge in [-0.15, -0.1) is 0 Å². The first-order chi connectivity index (χ1) is 13.9. The molecule has 1 atom stereocenters. The third kappa shape index (κ3) is 3.96. The van der Waals surface area contributed by atoms with Crippen LogP contribution in [0, 0.1) is 10.1 Å². The fourth-order valence-electron chi connectivity index (χ4n) is 3.35. The molecule has 29 heavy (non-hydrogen) atoms. The summed E-state index contributed by atoms with van der Waals surface area (Å²) in [5.74, 6) is -0.277. The van der Waals surface area contributed by atoms with E-state index in [-0.39, 0.29) is 17.0 Å². The molecule has 0 aliphatic rings. The van der Waals surface area contributed by atoms with Crippen molar-refractivity contribution < 1.29 is 14.3 Å². The average molecular weight is 405 g/mol. The normalized spacial score (nSPS) is 12.2. The maximum Gasteiger partial charge on any atom is 0.269 e. The van der Waals surface area contributed by atoms with Crippen LogP contribution in [0.4, 0.5) is 5.69 Å². The Bertz CT molecular complexity index is 1050. The molecule has 0 radical (unpaired) electrons. The van der Waals surface area contributed by atoms with Gasteiger partial charge in [0.1, 0.15) is 0 Å². The number of non-ortho nitro benzene ring substituents is 1. The van der Waals surface area contributed by atoms with Gasteiger partial charge in [0, 0.05) is 28.3 Å². The molecule has 3 aromatic carbocycles. The van der Waals surface area contributed by atoms with E-state index in [2.05, 4.69) is 6.58 Å². The molecule has 0 aromatic heterocycles. The Morgan fingerprint density at radius 2 is 1.34 bits per heavy atom. The summed E-state index contributed by atoms with van der Waals surface area (Å²) < 4.78 is 14.7. The summed E-state index contributed by atoms with van der Waals surface area (Å²) in [6, 6.07) is 23.8. The highest BCUT2D eigenvalue weighted by Gasteiger charge is 2.40. The predicted molar refractivity (Wildman–Crippen MR) is 115 cm³/mol. The lowest BCUT2D eigenvalue weighted by molar-refractivity contribution is -0.384. The second kappa shape index (κ2) is 8.38. The van der Waals surface area contributed by atoms with Crippen LogP contribution >= 0.6 is 7.14 Å². The first-order valence-electron chi connectivity index (χ1n) is 9.00. The zero-order valence-electron chi connectivity index (χ0n) is 15.9. The third-order valence-electron chi connectivity index (χ3n) is 4.85. The van der Waals surface area contributed by atoms with Gasteiger partial charge >= 0.3 is 0 Å². The van der Waals surface area contributed by atoms with Crippen molar-refractivity contribution >= 4 is 29.2 Å². The van der Waals surface area contributed by atoms with E-state index in [1.165, 1.54) is 19.1 Å². The molecule has 0 saturated heterocycles. The molecular weight excluding hydrogens is 385 g/mol. The predicted octanol–water partition coefficient (Wildman–Crippen LogP) is 4.80. The summed E-state index contributed by atoms with van der Waals surface area (Å²) in [6.07, 6.45) is 0. The molecule has 0 N–H and O–H groups in total. The molecule has 0 aliphatic carbocycles. The van der Waals surface area contributed by atoms with Crippen molar-refractivity contribution in [2.24, 2.45) is 0 Å². The topological polar surface area (TPSA) is 77.3 Å². The molecule has 146 valence electrons. The number of Topliss-reactive ketones (excluding diaryl/α,β-unsaturated/α-hetero) is 1. The van der Waals surface area contributed by atoms with Gasteiger partial charge in [0.15, 0.2) is 12.9 Å². The zero-order chi connectivity index (χ0) is 21.0. The van der Waals surface area contributed by atoms with Gasteiger partial charge in [0.25, 0.3) is 5.69 Å². The number of nitro groups is 1. The maximum absolute atomic E-state index is 14.7. The largest absolute Gasteiger partial charge is 0.313 e. The van der Waals surface area contributed by atoms with Gasteiger partial charge < -0.3 is 4.57 Å². The van der Waals surface area contributed by atoms with Crippen LogP contribution in [-0.4, -0.2) is 10.7 Å². The number of benzene rings is 3. The summed E-state index contributed by atoms with van der Waals surface area (Å²) in [5, 5.41) is 12.2. The lowest BCUT2D eigenvalue weighted by Gasteiger charge is -2.30. The third-order valence-corrected chi connectivity index (χ3v) is 8.31. The lowest BCUT2D eigenvalue weighted by Crippen LogP contribution is -2.24. The fraction of sp³-hybridized carbons (Fsp3) is 0.0870. The first-order valence-corrected chi connectivity index (χ1v) is 10.8. The Kier molecular flexibility index (Phi) is 5.90. The van der Waals surface area contributed by atoms with E-state index in [9.17, 15) is 19.5 Å². The average Bonchev–Trinajstić information content (AvgIpc) is 2.75. The monoisotopic (exact) mass is 405 g/mol. The van der Waals surface area contributed by atoms with Crippen LogP contribution in [0.1, 0.15) is 18.1 Å². The summed E-state index contributed by atoms with van der Waals surface area (Å²) in [6.45, 7) is 5.34. The van der Waals surface area contributed by atoms with Gasteiger partial charge in [0.2, 0.25) is 0 Å². The SMILES string of the molecule is C=C(C(C)=O)[C@H](c1ccc([N+](=O)[O-])cc1)P(=O)(c1ccccc1)c1ccccc1. The van der Waals surface area contributed by atoms with E-state index < -0.39 is 17.7 Å². The molecule has 0 saturated carbocycles. The Morgan fingerprint density at radius 3 is 1.72 bits per heavy atom. The second-order valence-electron chi connectivity index (χ2n) is 6.66. The molecule has 0 amide bonds. The van der Waals surface area contributed by atoms with Gasteiger partial charge in [-0.25, -0.2) is 0 Å². The lowest BCUT2D eigenvalue weighted by atomic mass is 10.0. The number of rotatable bonds is 7. The van der Waals surface area contributed by atoms with Gasteiger partial charge in [-0.2, -0.15) is 0 Å². The van der Waals surface area contributed by atoms with Crippen molar-refractivity contribution in [3.8, 4) is 0 Å². The van der Waals surface area contributed by atoms with E-state index in [0.29, 0.717) is 16.2 Å². The number of allylic oxidation sites excluding steroid dienone is 1. The van der Waals surface area contributed by atoms with Crippen LogP contribution in [0.15, 0.2) is 97.1 Å². The molecule has 0 aliphatic heterocycles. The number of carbonyl (C=O) groups is 1. The molecule has 0 fully saturated rings. The Morgan fingerprint density at radius 1 is 0.897 bits per heavy atom. The highest BCUT2D eigenvalue weighted by Crippen LogP contribution is 2.60.